The van der Waals surface area contributed by atoms with E-state index in [4.69, 9.17) is 10.2 Å². The van der Waals surface area contributed by atoms with Crippen molar-refractivity contribution < 1.29 is 37.4 Å². The van der Waals surface area contributed by atoms with Crippen molar-refractivity contribution in [3.63, 3.8) is 0 Å². The first kappa shape index (κ1) is 12.2. The summed E-state index contributed by atoms with van der Waals surface area (Å²) in [5, 5.41) is 16.6. The van der Waals surface area contributed by atoms with Crippen molar-refractivity contribution in [2.45, 2.75) is 11.8 Å². The Labute approximate surface area is 85.5 Å². The number of aliphatic carboxylic acids is 2. The highest BCUT2D eigenvalue weighted by Crippen LogP contribution is 2.38. The molecule has 0 fully saturated rings. The molecule has 4 nitrogen and oxygen atoms in total. The minimum atomic E-state index is -3.94. The molecule has 16 heavy (non-hydrogen) atoms. The summed E-state index contributed by atoms with van der Waals surface area (Å²) >= 11 is 0. The lowest BCUT2D eigenvalue weighted by Crippen LogP contribution is -2.44. The van der Waals surface area contributed by atoms with Crippen LogP contribution in [-0.2, 0) is 9.59 Å². The van der Waals surface area contributed by atoms with Gasteiger partial charge in [-0.1, -0.05) is 0 Å². The first-order valence-corrected chi connectivity index (χ1v) is 3.80. The molecule has 0 heterocycles. The van der Waals surface area contributed by atoms with Crippen LogP contribution >= 0.6 is 0 Å². The number of carboxylic acids is 2. The van der Waals surface area contributed by atoms with Crippen LogP contribution in [0.15, 0.2) is 23.3 Å². The standard InChI is InChI=1S/C8H4F4O4/c9-2-1-8(12,7(15)16)5(11)4(10)3(2)6(13)14/h1,5H,(H,13,14)(H,15,16). The highest BCUT2D eigenvalue weighted by molar-refractivity contribution is 5.94. The maximum absolute atomic E-state index is 13.3. The average Bonchev–Trinajstić information content (AvgIpc) is 2.13. The second-order valence-corrected chi connectivity index (χ2v) is 2.96. The molecule has 88 valence electrons. The van der Waals surface area contributed by atoms with E-state index in [0.29, 0.717) is 0 Å². The van der Waals surface area contributed by atoms with E-state index in [1.165, 1.54) is 0 Å². The maximum Gasteiger partial charge on any atom is 0.349 e. The summed E-state index contributed by atoms with van der Waals surface area (Å²) in [5.41, 5.74) is -5.64. The third kappa shape index (κ3) is 1.55. The van der Waals surface area contributed by atoms with E-state index in [0.717, 1.165) is 0 Å². The van der Waals surface area contributed by atoms with E-state index in [1.807, 2.05) is 0 Å². The van der Waals surface area contributed by atoms with Crippen molar-refractivity contribution in [3.05, 3.63) is 23.3 Å². The molecule has 2 unspecified atom stereocenters. The van der Waals surface area contributed by atoms with Gasteiger partial charge in [-0.2, -0.15) is 0 Å². The van der Waals surface area contributed by atoms with Crippen LogP contribution in [-0.4, -0.2) is 34.0 Å². The van der Waals surface area contributed by atoms with Crippen LogP contribution in [0.4, 0.5) is 17.6 Å². The Balaban J connectivity index is 3.37. The lowest BCUT2D eigenvalue weighted by Gasteiger charge is -2.24. The van der Waals surface area contributed by atoms with Crippen LogP contribution in [0.3, 0.4) is 0 Å². The van der Waals surface area contributed by atoms with E-state index in [-0.39, 0.29) is 0 Å². The van der Waals surface area contributed by atoms with Crippen LogP contribution in [0.1, 0.15) is 0 Å². The van der Waals surface area contributed by atoms with Crippen molar-refractivity contribution in [1.82, 2.24) is 0 Å². The van der Waals surface area contributed by atoms with E-state index >= 15 is 0 Å². The molecule has 2 atom stereocenters. The molecule has 0 saturated carbocycles. The van der Waals surface area contributed by atoms with Gasteiger partial charge in [0.1, 0.15) is 11.4 Å². The summed E-state index contributed by atoms with van der Waals surface area (Å²) in [6, 6.07) is 0. The monoisotopic (exact) mass is 240 g/mol. The van der Waals surface area contributed by atoms with Crippen LogP contribution < -0.4 is 0 Å². The number of hydrogen-bond donors (Lipinski definition) is 2. The predicted molar refractivity (Wildman–Crippen MR) is 41.3 cm³/mol. The molecule has 2 N–H and O–H groups in total. The fraction of sp³-hybridized carbons (Fsp3) is 0.250. The Morgan fingerprint density at radius 2 is 1.81 bits per heavy atom. The molecule has 0 bridgehead atoms. The van der Waals surface area contributed by atoms with Crippen molar-refractivity contribution in [1.29, 1.82) is 0 Å². The minimum absolute atomic E-state index is 0.410. The Hall–Kier alpha value is -1.86. The van der Waals surface area contributed by atoms with Crippen molar-refractivity contribution in [2.75, 3.05) is 0 Å². The van der Waals surface area contributed by atoms with Gasteiger partial charge in [0.05, 0.1) is 0 Å². The zero-order valence-electron chi connectivity index (χ0n) is 7.38. The molecule has 8 heteroatoms. The number of carboxylic acid groups (broad SMARTS) is 2. The largest absolute Gasteiger partial charge is 0.479 e. The molecule has 0 radical (unpaired) electrons. The molecule has 1 aliphatic carbocycles. The number of rotatable bonds is 2. The number of halogens is 4. The Kier molecular flexibility index (Phi) is 2.76. The lowest BCUT2D eigenvalue weighted by molar-refractivity contribution is -0.151. The third-order valence-electron chi connectivity index (χ3n) is 1.95. The zero-order valence-corrected chi connectivity index (χ0v) is 7.38. The summed E-state index contributed by atoms with van der Waals surface area (Å²) in [6.07, 6.45) is -3.80. The molecule has 0 saturated heterocycles. The molecule has 1 rings (SSSR count). The van der Waals surface area contributed by atoms with Crippen molar-refractivity contribution >= 4 is 11.9 Å². The number of allylic oxidation sites excluding steroid dienone is 1. The quantitative estimate of drug-likeness (QED) is 0.713. The Morgan fingerprint density at radius 3 is 2.19 bits per heavy atom. The maximum atomic E-state index is 13.3. The van der Waals surface area contributed by atoms with E-state index in [1.54, 1.807) is 0 Å². The second-order valence-electron chi connectivity index (χ2n) is 2.96. The van der Waals surface area contributed by atoms with Crippen LogP contribution in [0.5, 0.6) is 0 Å². The van der Waals surface area contributed by atoms with Gasteiger partial charge < -0.3 is 10.2 Å². The molecular formula is C8H4F4O4. The van der Waals surface area contributed by atoms with Gasteiger partial charge in [0.15, 0.2) is 5.83 Å². The zero-order chi connectivity index (χ0) is 12.7. The molecule has 0 spiro atoms. The summed E-state index contributed by atoms with van der Waals surface area (Å²) in [5.74, 6) is -8.86. The molecule has 0 aromatic carbocycles. The van der Waals surface area contributed by atoms with Gasteiger partial charge in [-0.15, -0.1) is 0 Å². The fourth-order valence-electron chi connectivity index (χ4n) is 1.13. The van der Waals surface area contributed by atoms with Gasteiger partial charge in [0.25, 0.3) is 5.67 Å². The van der Waals surface area contributed by atoms with Gasteiger partial charge in [-0.3, -0.25) is 0 Å². The van der Waals surface area contributed by atoms with Gasteiger partial charge in [0.2, 0.25) is 6.17 Å². The van der Waals surface area contributed by atoms with Crippen LogP contribution in [0.25, 0.3) is 0 Å². The van der Waals surface area contributed by atoms with Crippen molar-refractivity contribution in [3.8, 4) is 0 Å². The van der Waals surface area contributed by atoms with Crippen LogP contribution in [0.2, 0.25) is 0 Å². The van der Waals surface area contributed by atoms with E-state index in [2.05, 4.69) is 0 Å². The summed E-state index contributed by atoms with van der Waals surface area (Å²) in [6.45, 7) is 0. The SMILES string of the molecule is O=C(O)C1=C(F)C(F)C(F)(C(=O)O)C=C1F. The van der Waals surface area contributed by atoms with Crippen molar-refractivity contribution in [2.24, 2.45) is 0 Å². The molecule has 0 aromatic rings. The first-order valence-electron chi connectivity index (χ1n) is 3.80. The van der Waals surface area contributed by atoms with Crippen LogP contribution in [0, 0.1) is 0 Å². The number of hydrogen-bond acceptors (Lipinski definition) is 2. The summed E-state index contributed by atoms with van der Waals surface area (Å²) in [7, 11) is 0. The molecular weight excluding hydrogens is 236 g/mol. The predicted octanol–water partition coefficient (Wildman–Crippen LogP) is 1.29. The first-order chi connectivity index (χ1) is 7.21. The van der Waals surface area contributed by atoms with Gasteiger partial charge in [0, 0.05) is 6.08 Å². The minimum Gasteiger partial charge on any atom is -0.479 e. The molecule has 1 aliphatic rings. The Bertz CT molecular complexity index is 428. The molecule has 0 aromatic heterocycles. The highest BCUT2D eigenvalue weighted by Gasteiger charge is 2.53. The summed E-state index contributed by atoms with van der Waals surface area (Å²) in [4.78, 5) is 20.6. The number of alkyl halides is 2. The average molecular weight is 240 g/mol. The second kappa shape index (κ2) is 3.62. The smallest absolute Gasteiger partial charge is 0.349 e. The van der Waals surface area contributed by atoms with Gasteiger partial charge in [-0.25, -0.2) is 27.2 Å². The topological polar surface area (TPSA) is 74.6 Å². The fourth-order valence-corrected chi connectivity index (χ4v) is 1.13. The highest BCUT2D eigenvalue weighted by atomic mass is 19.2. The normalized spacial score (nSPS) is 30.0. The third-order valence-corrected chi connectivity index (χ3v) is 1.95. The molecule has 0 aliphatic heterocycles. The van der Waals surface area contributed by atoms with E-state index in [9.17, 15) is 27.2 Å². The van der Waals surface area contributed by atoms with Gasteiger partial charge >= 0.3 is 11.9 Å². The van der Waals surface area contributed by atoms with Gasteiger partial charge in [-0.05, 0) is 0 Å². The lowest BCUT2D eigenvalue weighted by atomic mass is 9.90. The number of carbonyl (C=O) groups is 2. The molecule has 0 amide bonds. The Morgan fingerprint density at radius 1 is 1.31 bits per heavy atom. The van der Waals surface area contributed by atoms with E-state index < -0.39 is 47.1 Å². The summed E-state index contributed by atoms with van der Waals surface area (Å²) < 4.78 is 52.1.